The van der Waals surface area contributed by atoms with E-state index in [1.54, 1.807) is 0 Å². The summed E-state index contributed by atoms with van der Waals surface area (Å²) < 4.78 is 1.96. The van der Waals surface area contributed by atoms with Crippen molar-refractivity contribution in [2.45, 2.75) is 65.0 Å². The van der Waals surface area contributed by atoms with Gasteiger partial charge in [-0.05, 0) is 51.3 Å². The summed E-state index contributed by atoms with van der Waals surface area (Å²) in [5, 5.41) is 14.1. The third kappa shape index (κ3) is 4.41. The highest BCUT2D eigenvalue weighted by Gasteiger charge is 2.26. The van der Waals surface area contributed by atoms with Crippen LogP contribution in [0.4, 0.5) is 0 Å². The molecule has 1 aliphatic carbocycles. The van der Waals surface area contributed by atoms with Gasteiger partial charge in [0.25, 0.3) is 5.91 Å². The van der Waals surface area contributed by atoms with E-state index in [0.717, 1.165) is 42.5 Å². The molecule has 0 bridgehead atoms. The lowest BCUT2D eigenvalue weighted by molar-refractivity contribution is 0.0585. The predicted octanol–water partition coefficient (Wildman–Crippen LogP) is 4.21. The van der Waals surface area contributed by atoms with Gasteiger partial charge in [-0.1, -0.05) is 31.4 Å². The van der Waals surface area contributed by atoms with E-state index in [1.165, 1.54) is 6.42 Å². The van der Waals surface area contributed by atoms with Gasteiger partial charge in [-0.15, -0.1) is 0 Å². The minimum atomic E-state index is 0.00218. The first-order chi connectivity index (χ1) is 13.0. The summed E-state index contributed by atoms with van der Waals surface area (Å²) >= 11 is 0. The van der Waals surface area contributed by atoms with Gasteiger partial charge in [0.15, 0.2) is 0 Å². The summed E-state index contributed by atoms with van der Waals surface area (Å²) in [4.78, 5) is 15.1. The molecule has 1 N–H and O–H groups in total. The largest absolute Gasteiger partial charge is 0.395 e. The van der Waals surface area contributed by atoms with Crippen LogP contribution in [-0.4, -0.2) is 44.9 Å². The number of hydrogen-bond donors (Lipinski definition) is 1. The zero-order valence-corrected chi connectivity index (χ0v) is 16.7. The van der Waals surface area contributed by atoms with Crippen molar-refractivity contribution in [2.75, 3.05) is 13.2 Å². The number of carbonyl (C=O) groups excluding carboxylic acids is 1. The van der Waals surface area contributed by atoms with Crippen LogP contribution in [0.2, 0.25) is 0 Å². The molecule has 1 heterocycles. The fraction of sp³-hybridized carbons (Fsp3) is 0.545. The van der Waals surface area contributed by atoms with E-state index in [1.807, 2.05) is 40.8 Å². The van der Waals surface area contributed by atoms with Gasteiger partial charge in [-0.25, -0.2) is 0 Å². The Balaban J connectivity index is 1.88. The number of rotatable bonds is 6. The van der Waals surface area contributed by atoms with Crippen molar-refractivity contribution >= 4 is 5.91 Å². The van der Waals surface area contributed by atoms with Crippen LogP contribution in [-0.2, 0) is 0 Å². The van der Waals surface area contributed by atoms with Crippen LogP contribution in [0.25, 0.3) is 11.1 Å². The maximum Gasteiger partial charge on any atom is 0.254 e. The molecule has 1 aromatic carbocycles. The van der Waals surface area contributed by atoms with E-state index in [9.17, 15) is 9.90 Å². The molecule has 27 heavy (non-hydrogen) atoms. The molecule has 0 aliphatic heterocycles. The predicted molar refractivity (Wildman–Crippen MR) is 108 cm³/mol. The van der Waals surface area contributed by atoms with E-state index >= 15 is 0 Å². The summed E-state index contributed by atoms with van der Waals surface area (Å²) in [6.45, 7) is 6.61. The smallest absolute Gasteiger partial charge is 0.254 e. The number of carbonyl (C=O) groups is 1. The Kier molecular flexibility index (Phi) is 6.32. The summed E-state index contributed by atoms with van der Waals surface area (Å²) in [5.41, 5.74) is 3.72. The van der Waals surface area contributed by atoms with Crippen LogP contribution in [0.3, 0.4) is 0 Å². The van der Waals surface area contributed by atoms with E-state index in [4.69, 9.17) is 0 Å². The first-order valence-corrected chi connectivity index (χ1v) is 10.1. The maximum absolute atomic E-state index is 13.2. The molecule has 0 unspecified atom stereocenters. The normalized spacial score (nSPS) is 15.3. The third-order valence-corrected chi connectivity index (χ3v) is 5.48. The monoisotopic (exact) mass is 369 g/mol. The molecule has 0 radical (unpaired) electrons. The second kappa shape index (κ2) is 8.70. The lowest BCUT2D eigenvalue weighted by atomic mass is 9.93. The van der Waals surface area contributed by atoms with Crippen molar-refractivity contribution in [1.29, 1.82) is 0 Å². The molecule has 146 valence electrons. The number of benzene rings is 1. The van der Waals surface area contributed by atoms with Crippen LogP contribution < -0.4 is 0 Å². The molecule has 1 aromatic heterocycles. The van der Waals surface area contributed by atoms with E-state index in [0.29, 0.717) is 18.2 Å². The number of hydrogen-bond acceptors (Lipinski definition) is 3. The van der Waals surface area contributed by atoms with Crippen LogP contribution in [0.5, 0.6) is 0 Å². The molecular formula is C22H31N3O2. The zero-order chi connectivity index (χ0) is 19.4. The molecule has 0 spiro atoms. The Hall–Kier alpha value is -2.14. The van der Waals surface area contributed by atoms with Crippen molar-refractivity contribution in [3.63, 3.8) is 0 Å². The SMILES string of the molecule is Cc1nn(C(C)C)cc1-c1cccc(C(=O)N(CCO)C2CCCCC2)c1. The first-order valence-electron chi connectivity index (χ1n) is 10.1. The molecular weight excluding hydrogens is 338 g/mol. The molecule has 3 rings (SSSR count). The van der Waals surface area contributed by atoms with Crippen molar-refractivity contribution in [3.8, 4) is 11.1 Å². The molecule has 5 nitrogen and oxygen atoms in total. The maximum atomic E-state index is 13.2. The highest BCUT2D eigenvalue weighted by atomic mass is 16.3. The van der Waals surface area contributed by atoms with Crippen LogP contribution >= 0.6 is 0 Å². The average Bonchev–Trinajstić information content (AvgIpc) is 3.08. The molecule has 5 heteroatoms. The quantitative estimate of drug-likeness (QED) is 0.830. The van der Waals surface area contributed by atoms with Gasteiger partial charge < -0.3 is 10.0 Å². The van der Waals surface area contributed by atoms with E-state index in [-0.39, 0.29) is 18.6 Å². The second-order valence-electron chi connectivity index (χ2n) is 7.80. The van der Waals surface area contributed by atoms with Gasteiger partial charge in [0.05, 0.1) is 12.3 Å². The summed E-state index contributed by atoms with van der Waals surface area (Å²) in [5.74, 6) is 0.0201. The molecule has 2 aromatic rings. The fourth-order valence-corrected chi connectivity index (χ4v) is 3.97. The molecule has 1 fully saturated rings. The van der Waals surface area contributed by atoms with Gasteiger partial charge >= 0.3 is 0 Å². The minimum absolute atomic E-state index is 0.00218. The van der Waals surface area contributed by atoms with Gasteiger partial charge in [0, 0.05) is 36.0 Å². The Morgan fingerprint density at radius 3 is 2.67 bits per heavy atom. The average molecular weight is 370 g/mol. The lowest BCUT2D eigenvalue weighted by Gasteiger charge is -2.34. The number of aromatic nitrogens is 2. The molecule has 0 atom stereocenters. The molecule has 1 saturated carbocycles. The number of aliphatic hydroxyl groups excluding tert-OH is 1. The van der Waals surface area contributed by atoms with Crippen molar-refractivity contribution in [2.24, 2.45) is 0 Å². The van der Waals surface area contributed by atoms with Crippen molar-refractivity contribution in [3.05, 3.63) is 41.7 Å². The molecule has 0 saturated heterocycles. The second-order valence-corrected chi connectivity index (χ2v) is 7.80. The van der Waals surface area contributed by atoms with Gasteiger partial charge in [0.2, 0.25) is 0 Å². The minimum Gasteiger partial charge on any atom is -0.395 e. The van der Waals surface area contributed by atoms with Crippen molar-refractivity contribution in [1.82, 2.24) is 14.7 Å². The summed E-state index contributed by atoms with van der Waals surface area (Å²) in [7, 11) is 0. The van der Waals surface area contributed by atoms with Gasteiger partial charge in [-0.3, -0.25) is 9.48 Å². The summed E-state index contributed by atoms with van der Waals surface area (Å²) in [6, 6.07) is 8.35. The van der Waals surface area contributed by atoms with Gasteiger partial charge in [-0.2, -0.15) is 5.10 Å². The van der Waals surface area contributed by atoms with Crippen LogP contribution in [0, 0.1) is 6.92 Å². The number of amides is 1. The Labute approximate surface area is 162 Å². The Bertz CT molecular complexity index is 776. The topological polar surface area (TPSA) is 58.4 Å². The van der Waals surface area contributed by atoms with Crippen LogP contribution in [0.1, 0.15) is 68.0 Å². The number of aliphatic hydroxyl groups is 1. The van der Waals surface area contributed by atoms with E-state index < -0.39 is 0 Å². The zero-order valence-electron chi connectivity index (χ0n) is 16.7. The van der Waals surface area contributed by atoms with Crippen LogP contribution in [0.15, 0.2) is 30.5 Å². The first kappa shape index (κ1) is 19.6. The Morgan fingerprint density at radius 1 is 1.30 bits per heavy atom. The highest BCUT2D eigenvalue weighted by Crippen LogP contribution is 2.27. The highest BCUT2D eigenvalue weighted by molar-refractivity contribution is 5.95. The Morgan fingerprint density at radius 2 is 2.04 bits per heavy atom. The standard InChI is InChI=1S/C22H31N3O2/c1-16(2)25-15-21(17(3)23-25)18-8-7-9-19(14-18)22(27)24(12-13-26)20-10-5-4-6-11-20/h7-9,14-16,20,26H,4-6,10-13H2,1-3H3. The van der Waals surface area contributed by atoms with Gasteiger partial charge in [0.1, 0.15) is 0 Å². The number of aryl methyl sites for hydroxylation is 1. The lowest BCUT2D eigenvalue weighted by Crippen LogP contribution is -2.43. The molecule has 1 aliphatic rings. The third-order valence-electron chi connectivity index (χ3n) is 5.48. The van der Waals surface area contributed by atoms with Crippen molar-refractivity contribution < 1.29 is 9.90 Å². The fourth-order valence-electron chi connectivity index (χ4n) is 3.97. The molecule has 1 amide bonds. The van der Waals surface area contributed by atoms with E-state index in [2.05, 4.69) is 25.1 Å². The summed E-state index contributed by atoms with van der Waals surface area (Å²) in [6.07, 6.45) is 7.68. The number of nitrogens with zero attached hydrogens (tertiary/aromatic N) is 3.